The minimum Gasteiger partial charge on any atom is -0.372 e. The molecule has 3 rings (SSSR count). The third kappa shape index (κ3) is 5.48. The van der Waals surface area contributed by atoms with Crippen molar-refractivity contribution in [2.75, 3.05) is 36.4 Å². The van der Waals surface area contributed by atoms with Crippen molar-refractivity contribution in [3.05, 3.63) is 59.1 Å². The van der Waals surface area contributed by atoms with Crippen LogP contribution < -0.4 is 15.5 Å². The fourth-order valence-corrected chi connectivity index (χ4v) is 3.15. The summed E-state index contributed by atoms with van der Waals surface area (Å²) in [7, 11) is 0. The average molecular weight is 358 g/mol. The van der Waals surface area contributed by atoms with Gasteiger partial charge in [0.15, 0.2) is 0 Å². The zero-order chi connectivity index (χ0) is 17.5. The molecule has 0 spiro atoms. The Morgan fingerprint density at radius 3 is 2.36 bits per heavy atom. The lowest BCUT2D eigenvalue weighted by molar-refractivity contribution is -0.115. The number of carbonyl (C=O) groups excluding carboxylic acids is 1. The molecular weight excluding hydrogens is 334 g/mol. The van der Waals surface area contributed by atoms with Crippen LogP contribution in [0.15, 0.2) is 48.5 Å². The Kier molecular flexibility index (Phi) is 6.31. The number of benzene rings is 2. The molecule has 4 nitrogen and oxygen atoms in total. The van der Waals surface area contributed by atoms with Gasteiger partial charge in [0.1, 0.15) is 0 Å². The van der Waals surface area contributed by atoms with E-state index in [1.807, 2.05) is 36.4 Å². The molecular formula is C20H24ClN3O. The van der Waals surface area contributed by atoms with Crippen molar-refractivity contribution in [1.82, 2.24) is 5.32 Å². The molecule has 0 aliphatic carbocycles. The van der Waals surface area contributed by atoms with Gasteiger partial charge in [-0.25, -0.2) is 0 Å². The Bertz CT molecular complexity index is 679. The van der Waals surface area contributed by atoms with Crippen molar-refractivity contribution in [3.63, 3.8) is 0 Å². The number of nitrogens with zero attached hydrogens (tertiary/aromatic N) is 1. The number of hydrogen-bond donors (Lipinski definition) is 2. The largest absolute Gasteiger partial charge is 0.372 e. The summed E-state index contributed by atoms with van der Waals surface area (Å²) < 4.78 is 0. The third-order valence-electron chi connectivity index (χ3n) is 4.41. The zero-order valence-electron chi connectivity index (χ0n) is 14.3. The van der Waals surface area contributed by atoms with Crippen LogP contribution in [0.4, 0.5) is 11.4 Å². The first-order valence-corrected chi connectivity index (χ1v) is 9.18. The fraction of sp³-hybridized carbons (Fsp3) is 0.350. The maximum Gasteiger partial charge on any atom is 0.238 e. The van der Waals surface area contributed by atoms with Gasteiger partial charge in [-0.2, -0.15) is 0 Å². The number of amides is 1. The van der Waals surface area contributed by atoms with Gasteiger partial charge in [0.25, 0.3) is 0 Å². The van der Waals surface area contributed by atoms with Gasteiger partial charge in [-0.15, -0.1) is 0 Å². The maximum atomic E-state index is 12.0. The minimum absolute atomic E-state index is 0.0231. The summed E-state index contributed by atoms with van der Waals surface area (Å²) in [5.74, 6) is -0.0231. The molecule has 1 saturated heterocycles. The summed E-state index contributed by atoms with van der Waals surface area (Å²) in [6.45, 7) is 3.32. The van der Waals surface area contributed by atoms with Gasteiger partial charge in [-0.05, 0) is 67.8 Å². The predicted octanol–water partition coefficient (Wildman–Crippen LogP) is 3.71. The number of nitrogens with one attached hydrogen (secondary N) is 2. The summed E-state index contributed by atoms with van der Waals surface area (Å²) in [4.78, 5) is 14.4. The molecule has 1 fully saturated rings. The van der Waals surface area contributed by atoms with E-state index in [-0.39, 0.29) is 5.91 Å². The van der Waals surface area contributed by atoms with Gasteiger partial charge in [-0.1, -0.05) is 23.7 Å². The van der Waals surface area contributed by atoms with E-state index in [0.717, 1.165) is 36.8 Å². The first-order valence-electron chi connectivity index (χ1n) is 8.81. The SMILES string of the molecule is O=C(CNCCc1ccc(Cl)cc1)Nc1ccc(N2CCCC2)cc1. The van der Waals surface area contributed by atoms with Crippen LogP contribution in [-0.2, 0) is 11.2 Å². The second-order valence-electron chi connectivity index (χ2n) is 6.34. The van der Waals surface area contributed by atoms with Gasteiger partial charge in [0.2, 0.25) is 5.91 Å². The van der Waals surface area contributed by atoms with E-state index in [1.54, 1.807) is 0 Å². The lowest BCUT2D eigenvalue weighted by Crippen LogP contribution is -2.29. The Morgan fingerprint density at radius 2 is 1.68 bits per heavy atom. The molecule has 1 aliphatic heterocycles. The van der Waals surface area contributed by atoms with E-state index in [2.05, 4.69) is 27.7 Å². The van der Waals surface area contributed by atoms with Crippen LogP contribution in [0.25, 0.3) is 0 Å². The molecule has 2 aromatic rings. The van der Waals surface area contributed by atoms with Crippen LogP contribution in [-0.4, -0.2) is 32.1 Å². The van der Waals surface area contributed by atoms with Gasteiger partial charge in [0.05, 0.1) is 6.54 Å². The molecule has 0 aromatic heterocycles. The van der Waals surface area contributed by atoms with Gasteiger partial charge in [0, 0.05) is 29.5 Å². The molecule has 132 valence electrons. The highest BCUT2D eigenvalue weighted by molar-refractivity contribution is 6.30. The number of carbonyl (C=O) groups is 1. The van der Waals surface area contributed by atoms with Crippen LogP contribution in [0, 0.1) is 0 Å². The molecule has 2 aromatic carbocycles. The number of hydrogen-bond acceptors (Lipinski definition) is 3. The van der Waals surface area contributed by atoms with Crippen molar-refractivity contribution in [2.45, 2.75) is 19.3 Å². The van der Waals surface area contributed by atoms with Crippen LogP contribution in [0.5, 0.6) is 0 Å². The Hall–Kier alpha value is -2.04. The second kappa shape index (κ2) is 8.88. The molecule has 0 atom stereocenters. The minimum atomic E-state index is -0.0231. The predicted molar refractivity (Wildman–Crippen MR) is 105 cm³/mol. The highest BCUT2D eigenvalue weighted by Gasteiger charge is 2.12. The first-order chi connectivity index (χ1) is 12.2. The molecule has 0 unspecified atom stereocenters. The van der Waals surface area contributed by atoms with Gasteiger partial charge >= 0.3 is 0 Å². The van der Waals surface area contributed by atoms with Crippen molar-refractivity contribution in [3.8, 4) is 0 Å². The highest BCUT2D eigenvalue weighted by atomic mass is 35.5. The summed E-state index contributed by atoms with van der Waals surface area (Å²) in [6, 6.07) is 15.9. The standard InChI is InChI=1S/C20H24ClN3O/c21-17-5-3-16(4-6-17)11-12-22-15-20(25)23-18-7-9-19(10-8-18)24-13-1-2-14-24/h3-10,22H,1-2,11-15H2,(H,23,25). The normalized spacial score (nSPS) is 13.9. The van der Waals surface area contributed by atoms with E-state index in [1.165, 1.54) is 24.1 Å². The van der Waals surface area contributed by atoms with Gasteiger partial charge < -0.3 is 15.5 Å². The summed E-state index contributed by atoms with van der Waals surface area (Å²) in [5.41, 5.74) is 3.28. The molecule has 1 aliphatic rings. The lowest BCUT2D eigenvalue weighted by atomic mass is 10.1. The van der Waals surface area contributed by atoms with E-state index < -0.39 is 0 Å². The Balaban J connectivity index is 1.37. The smallest absolute Gasteiger partial charge is 0.238 e. The van der Waals surface area contributed by atoms with E-state index in [0.29, 0.717) is 6.54 Å². The molecule has 1 amide bonds. The maximum absolute atomic E-state index is 12.0. The van der Waals surface area contributed by atoms with E-state index >= 15 is 0 Å². The molecule has 2 N–H and O–H groups in total. The molecule has 1 heterocycles. The molecule has 0 radical (unpaired) electrons. The monoisotopic (exact) mass is 357 g/mol. The molecule has 25 heavy (non-hydrogen) atoms. The average Bonchev–Trinajstić information content (AvgIpc) is 3.15. The summed E-state index contributed by atoms with van der Waals surface area (Å²) in [5, 5.41) is 6.84. The number of halogens is 1. The van der Waals surface area contributed by atoms with Crippen molar-refractivity contribution in [1.29, 1.82) is 0 Å². The van der Waals surface area contributed by atoms with Crippen molar-refractivity contribution in [2.24, 2.45) is 0 Å². The quantitative estimate of drug-likeness (QED) is 0.742. The summed E-state index contributed by atoms with van der Waals surface area (Å²) in [6.07, 6.45) is 3.40. The van der Waals surface area contributed by atoms with Crippen LogP contribution in [0.3, 0.4) is 0 Å². The second-order valence-corrected chi connectivity index (χ2v) is 6.78. The van der Waals surface area contributed by atoms with Crippen LogP contribution in [0.1, 0.15) is 18.4 Å². The Labute approximate surface area is 154 Å². The molecule has 0 bridgehead atoms. The fourth-order valence-electron chi connectivity index (χ4n) is 3.02. The topological polar surface area (TPSA) is 44.4 Å². The van der Waals surface area contributed by atoms with Crippen LogP contribution >= 0.6 is 11.6 Å². The van der Waals surface area contributed by atoms with E-state index in [4.69, 9.17) is 11.6 Å². The first kappa shape index (κ1) is 17.8. The summed E-state index contributed by atoms with van der Waals surface area (Å²) >= 11 is 5.87. The molecule has 0 saturated carbocycles. The van der Waals surface area contributed by atoms with Crippen molar-refractivity contribution < 1.29 is 4.79 Å². The number of anilines is 2. The highest BCUT2D eigenvalue weighted by Crippen LogP contribution is 2.21. The van der Waals surface area contributed by atoms with Gasteiger partial charge in [-0.3, -0.25) is 4.79 Å². The molecule has 5 heteroatoms. The van der Waals surface area contributed by atoms with Crippen molar-refractivity contribution >= 4 is 28.9 Å². The van der Waals surface area contributed by atoms with E-state index in [9.17, 15) is 4.79 Å². The Morgan fingerprint density at radius 1 is 1.00 bits per heavy atom. The lowest BCUT2D eigenvalue weighted by Gasteiger charge is -2.17. The van der Waals surface area contributed by atoms with Crippen LogP contribution in [0.2, 0.25) is 5.02 Å². The third-order valence-corrected chi connectivity index (χ3v) is 4.66. The number of rotatable bonds is 7. The zero-order valence-corrected chi connectivity index (χ0v) is 15.1.